The van der Waals surface area contributed by atoms with Crippen LogP contribution in [0.2, 0.25) is 5.02 Å². The van der Waals surface area contributed by atoms with Crippen LogP contribution >= 0.6 is 11.6 Å². The van der Waals surface area contributed by atoms with E-state index in [9.17, 15) is 8.42 Å². The van der Waals surface area contributed by atoms with Crippen LogP contribution in [-0.4, -0.2) is 81.8 Å². The average molecular weight is 499 g/mol. The Morgan fingerprint density at radius 3 is 2.53 bits per heavy atom. The van der Waals surface area contributed by atoms with Crippen LogP contribution in [0, 0.1) is 5.41 Å². The molecule has 3 saturated heterocycles. The number of anilines is 2. The molecule has 176 valence electrons. The largest absolute Gasteiger partial charge is 0.355 e. The second-order valence-corrected chi connectivity index (χ2v) is 12.5. The first-order chi connectivity index (χ1) is 16.4. The second kappa shape index (κ2) is 7.12. The Labute approximate surface area is 202 Å². The van der Waals surface area contributed by atoms with Gasteiger partial charge >= 0.3 is 0 Å². The van der Waals surface area contributed by atoms with E-state index >= 15 is 0 Å². The summed E-state index contributed by atoms with van der Waals surface area (Å²) < 4.78 is 25.8. The van der Waals surface area contributed by atoms with Crippen molar-refractivity contribution >= 4 is 33.2 Å². The zero-order chi connectivity index (χ0) is 23.1. The van der Waals surface area contributed by atoms with Gasteiger partial charge in [0.25, 0.3) is 0 Å². The highest BCUT2D eigenvalue weighted by atomic mass is 35.5. The highest BCUT2D eigenvalue weighted by Gasteiger charge is 2.53. The number of aromatic nitrogens is 5. The molecule has 4 aliphatic heterocycles. The van der Waals surface area contributed by atoms with Crippen molar-refractivity contribution in [3.63, 3.8) is 0 Å². The molecule has 34 heavy (non-hydrogen) atoms. The zero-order valence-corrected chi connectivity index (χ0v) is 20.0. The Morgan fingerprint density at radius 2 is 1.79 bits per heavy atom. The molecular weight excluding hydrogens is 476 g/mol. The van der Waals surface area contributed by atoms with Crippen LogP contribution in [0.25, 0.3) is 5.69 Å². The number of nitrogens with zero attached hydrogens (tertiary/aromatic N) is 8. The second-order valence-electron chi connectivity index (χ2n) is 9.94. The maximum Gasteiger partial charge on any atom is 0.231 e. The third kappa shape index (κ3) is 3.21. The summed E-state index contributed by atoms with van der Waals surface area (Å²) >= 11 is 6.34. The lowest BCUT2D eigenvalue weighted by Gasteiger charge is -2.60. The van der Waals surface area contributed by atoms with Gasteiger partial charge in [-0.3, -0.25) is 9.47 Å². The summed E-state index contributed by atoms with van der Waals surface area (Å²) in [6.45, 7) is 4.96. The van der Waals surface area contributed by atoms with Gasteiger partial charge in [0, 0.05) is 55.4 Å². The molecule has 1 spiro atoms. The predicted molar refractivity (Wildman–Crippen MR) is 127 cm³/mol. The Bertz CT molecular complexity index is 1370. The van der Waals surface area contributed by atoms with Crippen LogP contribution in [0.5, 0.6) is 0 Å². The van der Waals surface area contributed by atoms with E-state index in [1.807, 2.05) is 24.3 Å². The molecule has 3 fully saturated rings. The molecule has 0 bridgehead atoms. The molecule has 1 aromatic carbocycles. The number of hydrogen-bond donors (Lipinski definition) is 0. The standard InChI is InChI=1S/C22H23ClN8O2S/c23-16-1-2-18-15(5-16)6-28(17-8-34(32,33)9-17)7-20-26-27-21(31(18)20)30-12-22(13-30)10-29(11-22)19-3-4-24-14-25-19/h1-5,14,17H,6-13H2. The summed E-state index contributed by atoms with van der Waals surface area (Å²) in [6.07, 6.45) is 3.36. The van der Waals surface area contributed by atoms with E-state index in [1.165, 1.54) is 0 Å². The van der Waals surface area contributed by atoms with Crippen LogP contribution in [0.1, 0.15) is 11.4 Å². The Balaban J connectivity index is 1.15. The smallest absolute Gasteiger partial charge is 0.231 e. The van der Waals surface area contributed by atoms with Crippen molar-refractivity contribution < 1.29 is 8.42 Å². The normalized spacial score (nSPS) is 22.9. The van der Waals surface area contributed by atoms with E-state index in [-0.39, 0.29) is 23.0 Å². The third-order valence-electron chi connectivity index (χ3n) is 7.40. The summed E-state index contributed by atoms with van der Waals surface area (Å²) in [6, 6.07) is 7.83. The van der Waals surface area contributed by atoms with Crippen molar-refractivity contribution in [3.05, 3.63) is 53.2 Å². The minimum Gasteiger partial charge on any atom is -0.355 e. The molecule has 4 aliphatic rings. The van der Waals surface area contributed by atoms with Crippen LogP contribution in [-0.2, 0) is 22.9 Å². The maximum atomic E-state index is 11.8. The van der Waals surface area contributed by atoms with Crippen LogP contribution in [0.15, 0.2) is 36.8 Å². The SMILES string of the molecule is O=S1(=O)CC(N2Cc3cc(Cl)ccc3-n3c(nnc3N3CC4(CN(c5ccncn5)C4)C3)C2)C1. The highest BCUT2D eigenvalue weighted by Crippen LogP contribution is 2.44. The van der Waals surface area contributed by atoms with Gasteiger partial charge in [0.05, 0.1) is 23.7 Å². The van der Waals surface area contributed by atoms with Crippen molar-refractivity contribution in [2.45, 2.75) is 19.1 Å². The Morgan fingerprint density at radius 1 is 1.00 bits per heavy atom. The fourth-order valence-electron chi connectivity index (χ4n) is 5.72. The molecule has 0 radical (unpaired) electrons. The van der Waals surface area contributed by atoms with E-state index in [4.69, 9.17) is 11.6 Å². The van der Waals surface area contributed by atoms with Crippen molar-refractivity contribution in [2.24, 2.45) is 5.41 Å². The van der Waals surface area contributed by atoms with Crippen LogP contribution in [0.3, 0.4) is 0 Å². The van der Waals surface area contributed by atoms with Crippen molar-refractivity contribution in [3.8, 4) is 5.69 Å². The molecule has 7 rings (SSSR count). The number of hydrogen-bond acceptors (Lipinski definition) is 9. The van der Waals surface area contributed by atoms with Gasteiger partial charge in [-0.1, -0.05) is 11.6 Å². The first-order valence-corrected chi connectivity index (χ1v) is 13.5. The molecule has 10 nitrogen and oxygen atoms in total. The Hall–Kier alpha value is -2.76. The fraction of sp³-hybridized carbons (Fsp3) is 0.455. The molecule has 0 N–H and O–H groups in total. The summed E-state index contributed by atoms with van der Waals surface area (Å²) in [4.78, 5) is 15.1. The molecule has 0 atom stereocenters. The molecule has 6 heterocycles. The summed E-state index contributed by atoms with van der Waals surface area (Å²) in [5.41, 5.74) is 2.32. The van der Waals surface area contributed by atoms with E-state index in [2.05, 4.69) is 39.4 Å². The third-order valence-corrected chi connectivity index (χ3v) is 9.42. The number of sulfone groups is 1. The lowest BCUT2D eigenvalue weighted by Crippen LogP contribution is -2.73. The van der Waals surface area contributed by atoms with E-state index < -0.39 is 9.84 Å². The first-order valence-electron chi connectivity index (χ1n) is 11.3. The summed E-state index contributed by atoms with van der Waals surface area (Å²) in [7, 11) is -2.92. The molecule has 0 amide bonds. The van der Waals surface area contributed by atoms with Crippen molar-refractivity contribution in [1.29, 1.82) is 0 Å². The van der Waals surface area contributed by atoms with Gasteiger partial charge in [-0.15, -0.1) is 10.2 Å². The summed E-state index contributed by atoms with van der Waals surface area (Å²) in [5.74, 6) is 3.03. The van der Waals surface area contributed by atoms with Gasteiger partial charge in [0.1, 0.15) is 12.1 Å². The maximum absolute atomic E-state index is 11.8. The molecule has 0 saturated carbocycles. The molecule has 2 aromatic heterocycles. The molecule has 0 aliphatic carbocycles. The molecule has 12 heteroatoms. The van der Waals surface area contributed by atoms with Crippen LogP contribution in [0.4, 0.5) is 11.8 Å². The van der Waals surface area contributed by atoms with Crippen molar-refractivity contribution in [2.75, 3.05) is 47.5 Å². The van der Waals surface area contributed by atoms with Gasteiger partial charge in [-0.25, -0.2) is 18.4 Å². The number of halogens is 1. The topological polar surface area (TPSA) is 100 Å². The van der Waals surface area contributed by atoms with Gasteiger partial charge in [0.15, 0.2) is 15.7 Å². The van der Waals surface area contributed by atoms with E-state index in [0.29, 0.717) is 18.1 Å². The van der Waals surface area contributed by atoms with Crippen molar-refractivity contribution in [1.82, 2.24) is 29.6 Å². The predicted octanol–water partition coefficient (Wildman–Crippen LogP) is 1.15. The first kappa shape index (κ1) is 20.6. The minimum absolute atomic E-state index is 0.00133. The van der Waals surface area contributed by atoms with Gasteiger partial charge < -0.3 is 9.80 Å². The van der Waals surface area contributed by atoms with Crippen LogP contribution < -0.4 is 9.80 Å². The zero-order valence-electron chi connectivity index (χ0n) is 18.4. The van der Waals surface area contributed by atoms with Gasteiger partial charge in [0.2, 0.25) is 5.95 Å². The van der Waals surface area contributed by atoms with Gasteiger partial charge in [-0.05, 0) is 29.8 Å². The average Bonchev–Trinajstić information content (AvgIpc) is 3.06. The van der Waals surface area contributed by atoms with E-state index in [1.54, 1.807) is 12.5 Å². The number of rotatable bonds is 3. The Kier molecular flexibility index (Phi) is 4.32. The molecular formula is C22H23ClN8O2S. The van der Waals surface area contributed by atoms with E-state index in [0.717, 1.165) is 55.0 Å². The van der Waals surface area contributed by atoms with Gasteiger partial charge in [-0.2, -0.15) is 0 Å². The monoisotopic (exact) mass is 498 g/mol. The number of benzene rings is 1. The lowest BCUT2D eigenvalue weighted by molar-refractivity contribution is 0.153. The highest BCUT2D eigenvalue weighted by molar-refractivity contribution is 7.92. The lowest BCUT2D eigenvalue weighted by atomic mass is 9.73. The fourth-order valence-corrected chi connectivity index (χ4v) is 7.42. The quantitative estimate of drug-likeness (QED) is 0.526. The summed E-state index contributed by atoms with van der Waals surface area (Å²) in [5, 5.41) is 9.79. The molecule has 3 aromatic rings. The molecule has 0 unspecified atom stereocenters. The minimum atomic E-state index is -2.92. The number of fused-ring (bicyclic) bond motifs is 3.